The number of fused-ring (bicyclic) bond motifs is 4. The van der Waals surface area contributed by atoms with Crippen molar-refractivity contribution in [1.29, 1.82) is 0 Å². The fourth-order valence-electron chi connectivity index (χ4n) is 5.85. The van der Waals surface area contributed by atoms with Gasteiger partial charge >= 0.3 is 36.2 Å². The first-order valence-electron chi connectivity index (χ1n) is 12.6. The average molecular weight is 610 g/mol. The van der Waals surface area contributed by atoms with E-state index in [-0.39, 0.29) is 56.0 Å². The Labute approximate surface area is 241 Å². The van der Waals surface area contributed by atoms with Crippen molar-refractivity contribution in [2.24, 2.45) is 0 Å². The van der Waals surface area contributed by atoms with Crippen LogP contribution in [-0.2, 0) is 27.2 Å². The molecule has 7 nitrogen and oxygen atoms in total. The van der Waals surface area contributed by atoms with Crippen LogP contribution in [0.3, 0.4) is 0 Å². The summed E-state index contributed by atoms with van der Waals surface area (Å²) >= 11 is 0. The predicted octanol–water partition coefficient (Wildman–Crippen LogP) is 6.83. The molecule has 0 saturated heterocycles. The minimum absolute atomic E-state index is 0.0348. The van der Waals surface area contributed by atoms with E-state index in [1.54, 1.807) is 0 Å². The lowest BCUT2D eigenvalue weighted by molar-refractivity contribution is -0.138. The molecule has 0 saturated carbocycles. The van der Waals surface area contributed by atoms with Crippen LogP contribution >= 0.6 is 0 Å². The van der Waals surface area contributed by atoms with Gasteiger partial charge in [-0.3, -0.25) is 0 Å². The summed E-state index contributed by atoms with van der Waals surface area (Å²) in [6, 6.07) is 12.3. The summed E-state index contributed by atoms with van der Waals surface area (Å²) in [7, 11) is 0. The molecule has 3 aliphatic heterocycles. The molecule has 0 N–H and O–H groups in total. The highest BCUT2D eigenvalue weighted by atomic mass is 19.4. The quantitative estimate of drug-likeness (QED) is 0.123. The summed E-state index contributed by atoms with van der Waals surface area (Å²) in [5, 5.41) is 0. The summed E-state index contributed by atoms with van der Waals surface area (Å²) < 4.78 is 97.0. The summed E-state index contributed by atoms with van der Waals surface area (Å²) in [5.74, 6) is -4.29. The molecule has 13 heteroatoms. The van der Waals surface area contributed by atoms with Gasteiger partial charge in [-0.15, -0.1) is 0 Å². The first-order chi connectivity index (χ1) is 20.7. The summed E-state index contributed by atoms with van der Waals surface area (Å²) in [4.78, 5) is 50.0. The Kier molecular flexibility index (Phi) is 5.47. The highest BCUT2D eigenvalue weighted by Gasteiger charge is 2.49. The number of hydrogen-bond acceptors (Lipinski definition) is 7. The third-order valence-electron chi connectivity index (χ3n) is 7.81. The maximum atomic E-state index is 13.6. The van der Waals surface area contributed by atoms with E-state index in [4.69, 9.17) is 14.2 Å². The second-order valence-electron chi connectivity index (χ2n) is 10.1. The van der Waals surface area contributed by atoms with Crippen LogP contribution in [0.1, 0.15) is 74.8 Å². The Balaban J connectivity index is 1.62. The van der Waals surface area contributed by atoms with Gasteiger partial charge in [-0.1, -0.05) is 24.3 Å². The van der Waals surface area contributed by atoms with E-state index < -0.39 is 52.8 Å². The van der Waals surface area contributed by atoms with Gasteiger partial charge in [0.1, 0.15) is 11.5 Å². The lowest BCUT2D eigenvalue weighted by Gasteiger charge is -2.42. The van der Waals surface area contributed by atoms with Crippen LogP contribution in [0.25, 0.3) is 0 Å². The zero-order chi connectivity index (χ0) is 31.3. The van der Waals surface area contributed by atoms with Crippen LogP contribution < -0.4 is 4.74 Å². The molecule has 3 aliphatic rings. The molecule has 0 aromatic heterocycles. The fraction of sp³-hybridized carbons (Fsp3) is 0.0968. The van der Waals surface area contributed by atoms with Crippen molar-refractivity contribution in [1.82, 2.24) is 0 Å². The number of cyclic esters (lactones) is 4. The van der Waals surface area contributed by atoms with Gasteiger partial charge in [0.25, 0.3) is 0 Å². The van der Waals surface area contributed by atoms with Crippen molar-refractivity contribution >= 4 is 23.9 Å². The van der Waals surface area contributed by atoms with Crippen LogP contribution in [0.15, 0.2) is 72.8 Å². The van der Waals surface area contributed by atoms with Crippen LogP contribution in [0, 0.1) is 0 Å². The monoisotopic (exact) mass is 610 g/mol. The van der Waals surface area contributed by atoms with Gasteiger partial charge in [0.2, 0.25) is 0 Å². The standard InChI is InChI=1S/C31H12F6O7/c32-30(33,34)15-5-1-13(2-6-15)29(14-3-7-16(8-4-14)31(35,36)37)21-9-17-19(27(40)43-25(17)38)11-23(21)42-24-12-20-18(10-22(24)29)26(39)44-28(20)41/h1-12H. The Morgan fingerprint density at radius 2 is 0.773 bits per heavy atom. The second-order valence-corrected chi connectivity index (χ2v) is 10.1. The van der Waals surface area contributed by atoms with Crippen LogP contribution in [0.5, 0.6) is 11.5 Å². The van der Waals surface area contributed by atoms with Gasteiger partial charge in [0.05, 0.1) is 38.8 Å². The normalized spacial score (nSPS) is 16.4. The highest BCUT2D eigenvalue weighted by Crippen LogP contribution is 2.57. The van der Waals surface area contributed by atoms with Crippen molar-refractivity contribution in [3.8, 4) is 11.5 Å². The lowest BCUT2D eigenvalue weighted by atomic mass is 9.62. The molecular formula is C31H12F6O7. The van der Waals surface area contributed by atoms with Gasteiger partial charge in [-0.05, 0) is 59.7 Å². The smallest absolute Gasteiger partial charge is 0.416 e. The number of halogens is 6. The lowest BCUT2D eigenvalue weighted by Crippen LogP contribution is -2.35. The van der Waals surface area contributed by atoms with E-state index in [9.17, 15) is 45.5 Å². The first kappa shape index (κ1) is 27.4. The van der Waals surface area contributed by atoms with Crippen molar-refractivity contribution in [2.75, 3.05) is 0 Å². The maximum absolute atomic E-state index is 13.6. The number of alkyl halides is 6. The minimum atomic E-state index is -4.73. The van der Waals surface area contributed by atoms with E-state index in [0.717, 1.165) is 48.5 Å². The highest BCUT2D eigenvalue weighted by molar-refractivity contribution is 6.16. The summed E-state index contributed by atoms with van der Waals surface area (Å²) in [6.07, 6.45) is -9.47. The number of carbonyl (C=O) groups excluding carboxylic acids is 4. The fourth-order valence-corrected chi connectivity index (χ4v) is 5.85. The minimum Gasteiger partial charge on any atom is -0.457 e. The van der Waals surface area contributed by atoms with E-state index in [2.05, 4.69) is 0 Å². The van der Waals surface area contributed by atoms with E-state index in [1.807, 2.05) is 0 Å². The first-order valence-corrected chi connectivity index (χ1v) is 12.6. The molecule has 7 rings (SSSR count). The third kappa shape index (κ3) is 3.78. The van der Waals surface area contributed by atoms with Crippen molar-refractivity contribution in [3.05, 3.63) is 128 Å². The predicted molar refractivity (Wildman–Crippen MR) is 134 cm³/mol. The molecule has 0 atom stereocenters. The third-order valence-corrected chi connectivity index (χ3v) is 7.81. The molecule has 4 aromatic carbocycles. The molecule has 0 fully saturated rings. The van der Waals surface area contributed by atoms with Crippen LogP contribution in [-0.4, -0.2) is 23.9 Å². The van der Waals surface area contributed by atoms with Gasteiger partial charge in [-0.25, -0.2) is 19.2 Å². The van der Waals surface area contributed by atoms with Crippen molar-refractivity contribution in [2.45, 2.75) is 17.8 Å². The van der Waals surface area contributed by atoms with Crippen LogP contribution in [0.2, 0.25) is 0 Å². The molecular weight excluding hydrogens is 598 g/mol. The Morgan fingerprint density at radius 1 is 0.455 bits per heavy atom. The Morgan fingerprint density at radius 3 is 1.09 bits per heavy atom. The van der Waals surface area contributed by atoms with E-state index >= 15 is 0 Å². The summed E-state index contributed by atoms with van der Waals surface area (Å²) in [6.45, 7) is 0. The molecule has 3 heterocycles. The van der Waals surface area contributed by atoms with Gasteiger partial charge in [0, 0.05) is 11.1 Å². The molecule has 0 amide bonds. The topological polar surface area (TPSA) is 96.0 Å². The Bertz CT molecular complexity index is 1830. The SMILES string of the molecule is O=C1OC(=O)c2cc3c(cc21)Oc1cc2c(cc1C3(c1ccc(C(F)(F)F)cc1)c1ccc(C(F)(F)F)cc1)C(=O)OC2=O. The Hall–Kier alpha value is -5.46. The van der Waals surface area contributed by atoms with Gasteiger partial charge in [0.15, 0.2) is 0 Å². The number of carbonyl (C=O) groups is 4. The van der Waals surface area contributed by atoms with E-state index in [1.165, 1.54) is 24.3 Å². The zero-order valence-electron chi connectivity index (χ0n) is 21.6. The average Bonchev–Trinajstić information content (AvgIpc) is 3.41. The molecule has 4 aromatic rings. The second kappa shape index (κ2) is 8.78. The number of rotatable bonds is 2. The summed E-state index contributed by atoms with van der Waals surface area (Å²) in [5.41, 5.74) is -4.55. The van der Waals surface area contributed by atoms with Crippen molar-refractivity contribution < 1.29 is 59.7 Å². The van der Waals surface area contributed by atoms with Gasteiger partial charge in [-0.2, -0.15) is 26.3 Å². The van der Waals surface area contributed by atoms with E-state index in [0.29, 0.717) is 0 Å². The van der Waals surface area contributed by atoms with Crippen LogP contribution in [0.4, 0.5) is 26.3 Å². The molecule has 0 bridgehead atoms. The molecule has 0 radical (unpaired) electrons. The number of benzene rings is 4. The van der Waals surface area contributed by atoms with Gasteiger partial charge < -0.3 is 14.2 Å². The number of ether oxygens (including phenoxy) is 3. The molecule has 44 heavy (non-hydrogen) atoms. The molecule has 0 spiro atoms. The molecule has 220 valence electrons. The largest absolute Gasteiger partial charge is 0.457 e. The van der Waals surface area contributed by atoms with Crippen molar-refractivity contribution in [3.63, 3.8) is 0 Å². The zero-order valence-corrected chi connectivity index (χ0v) is 21.6. The number of esters is 4. The number of hydrogen-bond donors (Lipinski definition) is 0. The maximum Gasteiger partial charge on any atom is 0.416 e. The molecule has 0 aliphatic carbocycles. The molecule has 0 unspecified atom stereocenters.